The molecule has 0 bridgehead atoms. The van der Waals surface area contributed by atoms with Crippen molar-refractivity contribution in [2.75, 3.05) is 11.1 Å². The van der Waals surface area contributed by atoms with E-state index in [0.29, 0.717) is 16.9 Å². The number of nitrogen functional groups attached to an aromatic ring is 1. The molecule has 2 aromatic heterocycles. The summed E-state index contributed by atoms with van der Waals surface area (Å²) in [4.78, 5) is 16.0. The van der Waals surface area contributed by atoms with E-state index in [1.54, 1.807) is 53.7 Å². The number of benzene rings is 1. The Morgan fingerprint density at radius 2 is 2.00 bits per heavy atom. The zero-order chi connectivity index (χ0) is 14.7. The quantitative estimate of drug-likeness (QED) is 0.719. The third kappa shape index (κ3) is 2.89. The summed E-state index contributed by atoms with van der Waals surface area (Å²) in [5.74, 6) is -0.225. The molecule has 0 aliphatic rings. The number of amides is 1. The smallest absolute Gasteiger partial charge is 0.255 e. The van der Waals surface area contributed by atoms with Crippen molar-refractivity contribution in [3.05, 3.63) is 66.7 Å². The third-order valence-corrected chi connectivity index (χ3v) is 2.92. The van der Waals surface area contributed by atoms with E-state index in [1.165, 1.54) is 0 Å². The number of nitrogens with one attached hydrogen (secondary N) is 1. The van der Waals surface area contributed by atoms with Crippen LogP contribution < -0.4 is 11.1 Å². The lowest BCUT2D eigenvalue weighted by Gasteiger charge is -2.03. The third-order valence-electron chi connectivity index (χ3n) is 2.92. The van der Waals surface area contributed by atoms with Gasteiger partial charge in [0.25, 0.3) is 5.91 Å². The molecular formula is C15H13N5O. The topological polar surface area (TPSA) is 85.8 Å². The van der Waals surface area contributed by atoms with Gasteiger partial charge in [-0.2, -0.15) is 5.10 Å². The lowest BCUT2D eigenvalue weighted by atomic mass is 10.2. The second kappa shape index (κ2) is 5.46. The monoisotopic (exact) mass is 279 g/mol. The zero-order valence-corrected chi connectivity index (χ0v) is 11.1. The maximum atomic E-state index is 12.1. The van der Waals surface area contributed by atoms with Crippen LogP contribution in [-0.2, 0) is 0 Å². The van der Waals surface area contributed by atoms with Crippen molar-refractivity contribution < 1.29 is 4.79 Å². The van der Waals surface area contributed by atoms with Gasteiger partial charge >= 0.3 is 0 Å². The van der Waals surface area contributed by atoms with E-state index in [9.17, 15) is 4.79 Å². The van der Waals surface area contributed by atoms with E-state index in [-0.39, 0.29) is 5.91 Å². The molecule has 0 atom stereocenters. The maximum absolute atomic E-state index is 12.1. The Labute approximate surface area is 121 Å². The van der Waals surface area contributed by atoms with E-state index in [4.69, 9.17) is 5.73 Å². The van der Waals surface area contributed by atoms with Crippen molar-refractivity contribution in [3.8, 4) is 5.69 Å². The maximum Gasteiger partial charge on any atom is 0.255 e. The summed E-state index contributed by atoms with van der Waals surface area (Å²) in [7, 11) is 0. The summed E-state index contributed by atoms with van der Waals surface area (Å²) in [5, 5.41) is 6.98. The van der Waals surface area contributed by atoms with E-state index >= 15 is 0 Å². The predicted octanol–water partition coefficient (Wildman–Crippen LogP) is 2.10. The van der Waals surface area contributed by atoms with Gasteiger partial charge in [-0.05, 0) is 30.3 Å². The average molecular weight is 279 g/mol. The van der Waals surface area contributed by atoms with Gasteiger partial charge in [0, 0.05) is 23.6 Å². The molecule has 0 spiro atoms. The van der Waals surface area contributed by atoms with Crippen molar-refractivity contribution in [1.29, 1.82) is 0 Å². The van der Waals surface area contributed by atoms with Crippen LogP contribution in [0.3, 0.4) is 0 Å². The van der Waals surface area contributed by atoms with Gasteiger partial charge in [0.15, 0.2) is 0 Å². The fourth-order valence-electron chi connectivity index (χ4n) is 1.91. The van der Waals surface area contributed by atoms with Crippen molar-refractivity contribution in [1.82, 2.24) is 14.8 Å². The lowest BCUT2D eigenvalue weighted by molar-refractivity contribution is 0.102. The Bertz CT molecular complexity index is 766. The first-order valence-corrected chi connectivity index (χ1v) is 6.34. The summed E-state index contributed by atoms with van der Waals surface area (Å²) < 4.78 is 1.66. The van der Waals surface area contributed by atoms with E-state index in [2.05, 4.69) is 15.4 Å². The molecule has 3 aromatic rings. The molecule has 6 heteroatoms. The molecule has 21 heavy (non-hydrogen) atoms. The number of carbonyl (C=O) groups is 1. The highest BCUT2D eigenvalue weighted by atomic mass is 16.1. The molecule has 0 saturated carbocycles. The molecule has 0 aliphatic heterocycles. The van der Waals surface area contributed by atoms with Crippen LogP contribution in [0.1, 0.15) is 10.4 Å². The van der Waals surface area contributed by atoms with Crippen molar-refractivity contribution >= 4 is 17.3 Å². The van der Waals surface area contributed by atoms with E-state index in [0.717, 1.165) is 5.69 Å². The summed E-state index contributed by atoms with van der Waals surface area (Å²) >= 11 is 0. The number of nitrogens with zero attached hydrogens (tertiary/aromatic N) is 3. The fraction of sp³-hybridized carbons (Fsp3) is 0. The zero-order valence-electron chi connectivity index (χ0n) is 11.1. The first-order chi connectivity index (χ1) is 10.2. The van der Waals surface area contributed by atoms with Gasteiger partial charge in [-0.15, -0.1) is 0 Å². The summed E-state index contributed by atoms with van der Waals surface area (Å²) in [6.45, 7) is 0. The molecule has 0 unspecified atom stereocenters. The summed E-state index contributed by atoms with van der Waals surface area (Å²) in [6.07, 6.45) is 6.69. The molecule has 3 rings (SSSR count). The number of carbonyl (C=O) groups excluding carboxylic acids is 1. The first kappa shape index (κ1) is 12.9. The van der Waals surface area contributed by atoms with Gasteiger partial charge in [0.2, 0.25) is 0 Å². The number of pyridine rings is 1. The number of nitrogens with two attached hydrogens (primary N) is 1. The average Bonchev–Trinajstić information content (AvgIpc) is 2.97. The second-order valence-corrected chi connectivity index (χ2v) is 4.46. The second-order valence-electron chi connectivity index (χ2n) is 4.46. The standard InChI is InChI=1S/C15H13N5O/c16-12-3-1-2-11(8-12)15(21)19-13-9-18-20(10-13)14-4-6-17-7-5-14/h1-10H,16H2,(H,19,21). The Kier molecular flexibility index (Phi) is 3.34. The van der Waals surface area contributed by atoms with E-state index in [1.807, 2.05) is 12.1 Å². The number of hydrogen-bond acceptors (Lipinski definition) is 4. The minimum atomic E-state index is -0.225. The van der Waals surface area contributed by atoms with Gasteiger partial charge in [-0.25, -0.2) is 4.68 Å². The molecular weight excluding hydrogens is 266 g/mol. The van der Waals surface area contributed by atoms with Crippen LogP contribution >= 0.6 is 0 Å². The lowest BCUT2D eigenvalue weighted by Crippen LogP contribution is -2.11. The normalized spacial score (nSPS) is 10.3. The predicted molar refractivity (Wildman–Crippen MR) is 80.2 cm³/mol. The SMILES string of the molecule is Nc1cccc(C(=O)Nc2cnn(-c3ccncc3)c2)c1. The van der Waals surface area contributed by atoms with Gasteiger partial charge in [0.1, 0.15) is 0 Å². The van der Waals surface area contributed by atoms with Crippen molar-refractivity contribution in [2.24, 2.45) is 0 Å². The van der Waals surface area contributed by atoms with Crippen LogP contribution in [0.2, 0.25) is 0 Å². The van der Waals surface area contributed by atoms with Gasteiger partial charge < -0.3 is 11.1 Å². The van der Waals surface area contributed by atoms with Crippen LogP contribution in [0.4, 0.5) is 11.4 Å². The largest absolute Gasteiger partial charge is 0.399 e. The van der Waals surface area contributed by atoms with Gasteiger partial charge in [0.05, 0.1) is 23.8 Å². The van der Waals surface area contributed by atoms with Crippen LogP contribution in [0.5, 0.6) is 0 Å². The molecule has 0 saturated heterocycles. The molecule has 104 valence electrons. The molecule has 0 aliphatic carbocycles. The fourth-order valence-corrected chi connectivity index (χ4v) is 1.91. The molecule has 1 amide bonds. The van der Waals surface area contributed by atoms with Gasteiger partial charge in [-0.1, -0.05) is 6.07 Å². The highest BCUT2D eigenvalue weighted by Crippen LogP contribution is 2.13. The Morgan fingerprint density at radius 1 is 1.19 bits per heavy atom. The van der Waals surface area contributed by atoms with Gasteiger partial charge in [-0.3, -0.25) is 9.78 Å². The van der Waals surface area contributed by atoms with Crippen LogP contribution in [0, 0.1) is 0 Å². The van der Waals surface area contributed by atoms with Crippen LogP contribution in [-0.4, -0.2) is 20.7 Å². The Balaban J connectivity index is 1.77. The first-order valence-electron chi connectivity index (χ1n) is 6.34. The molecule has 6 nitrogen and oxygen atoms in total. The highest BCUT2D eigenvalue weighted by molar-refractivity contribution is 6.04. The van der Waals surface area contributed by atoms with Crippen LogP contribution in [0.25, 0.3) is 5.69 Å². The highest BCUT2D eigenvalue weighted by Gasteiger charge is 2.08. The van der Waals surface area contributed by atoms with Crippen LogP contribution in [0.15, 0.2) is 61.2 Å². The minimum Gasteiger partial charge on any atom is -0.399 e. The number of anilines is 2. The summed E-state index contributed by atoms with van der Waals surface area (Å²) in [6, 6.07) is 10.5. The molecule has 0 fully saturated rings. The Morgan fingerprint density at radius 3 is 2.76 bits per heavy atom. The number of aromatic nitrogens is 3. The molecule has 3 N–H and O–H groups in total. The number of rotatable bonds is 3. The Hall–Kier alpha value is -3.15. The van der Waals surface area contributed by atoms with Crippen molar-refractivity contribution in [3.63, 3.8) is 0 Å². The molecule has 2 heterocycles. The minimum absolute atomic E-state index is 0.225. The van der Waals surface area contributed by atoms with E-state index < -0.39 is 0 Å². The summed E-state index contributed by atoms with van der Waals surface area (Å²) in [5.41, 5.74) is 8.21. The number of hydrogen-bond donors (Lipinski definition) is 2. The molecule has 0 radical (unpaired) electrons. The molecule has 1 aromatic carbocycles. The van der Waals surface area contributed by atoms with Crippen molar-refractivity contribution in [2.45, 2.75) is 0 Å².